The van der Waals surface area contributed by atoms with Crippen LogP contribution in [0, 0.1) is 0 Å². The highest BCUT2D eigenvalue weighted by atomic mass is 32.2. The first kappa shape index (κ1) is 10.9. The van der Waals surface area contributed by atoms with Gasteiger partial charge >= 0.3 is 0 Å². The Morgan fingerprint density at radius 3 is 3.20 bits per heavy atom. The van der Waals surface area contributed by atoms with Crippen LogP contribution in [0.5, 0.6) is 0 Å². The van der Waals surface area contributed by atoms with E-state index in [-0.39, 0.29) is 12.1 Å². The lowest BCUT2D eigenvalue weighted by Gasteiger charge is -2.04. The molecule has 0 amide bonds. The van der Waals surface area contributed by atoms with Crippen molar-refractivity contribution in [3.63, 3.8) is 0 Å². The van der Waals surface area contributed by atoms with Gasteiger partial charge in [0.05, 0.1) is 17.9 Å². The van der Waals surface area contributed by atoms with Gasteiger partial charge < -0.3 is 14.6 Å². The van der Waals surface area contributed by atoms with Gasteiger partial charge in [0.1, 0.15) is 0 Å². The maximum atomic E-state index is 5.26. The van der Waals surface area contributed by atoms with E-state index in [1.807, 2.05) is 6.26 Å². The maximum absolute atomic E-state index is 5.26. The van der Waals surface area contributed by atoms with Crippen LogP contribution < -0.4 is 5.32 Å². The van der Waals surface area contributed by atoms with Crippen molar-refractivity contribution in [2.75, 3.05) is 19.9 Å². The van der Waals surface area contributed by atoms with Crippen LogP contribution in [-0.2, 0) is 10.5 Å². The minimum atomic E-state index is 0.151. The van der Waals surface area contributed by atoms with Crippen molar-refractivity contribution in [1.82, 2.24) is 15.5 Å². The number of nitrogens with one attached hydrogen (secondary N) is 1. The lowest BCUT2D eigenvalue weighted by Crippen LogP contribution is -2.16. The zero-order chi connectivity index (χ0) is 10.7. The zero-order valence-corrected chi connectivity index (χ0v) is 9.71. The molecule has 2 atom stereocenters. The predicted octanol–water partition coefficient (Wildman–Crippen LogP) is 0.982. The van der Waals surface area contributed by atoms with E-state index in [2.05, 4.69) is 15.5 Å². The van der Waals surface area contributed by atoms with Crippen molar-refractivity contribution >= 4 is 11.8 Å². The molecule has 15 heavy (non-hydrogen) atoms. The van der Waals surface area contributed by atoms with Gasteiger partial charge in [-0.3, -0.25) is 0 Å². The first-order valence-corrected chi connectivity index (χ1v) is 6.30. The van der Waals surface area contributed by atoms with Crippen LogP contribution in [0.3, 0.4) is 0 Å². The first-order valence-electron chi connectivity index (χ1n) is 4.91. The first-order chi connectivity index (χ1) is 7.33. The number of hydrogen-bond acceptors (Lipinski definition) is 6. The Balaban J connectivity index is 1.97. The van der Waals surface area contributed by atoms with Gasteiger partial charge in [0, 0.05) is 13.7 Å². The van der Waals surface area contributed by atoms with Crippen molar-refractivity contribution in [2.24, 2.45) is 0 Å². The third-order valence-electron chi connectivity index (χ3n) is 2.48. The molecule has 84 valence electrons. The van der Waals surface area contributed by atoms with Gasteiger partial charge in [0.25, 0.3) is 0 Å². The van der Waals surface area contributed by atoms with Crippen molar-refractivity contribution in [3.8, 4) is 0 Å². The number of methoxy groups -OCH3 is 1. The van der Waals surface area contributed by atoms with Crippen LogP contribution in [0.15, 0.2) is 4.52 Å². The number of rotatable bonds is 4. The molecule has 1 aliphatic rings. The quantitative estimate of drug-likeness (QED) is 0.830. The lowest BCUT2D eigenvalue weighted by atomic mass is 10.2. The van der Waals surface area contributed by atoms with Crippen LogP contribution in [0.1, 0.15) is 24.2 Å². The van der Waals surface area contributed by atoms with E-state index >= 15 is 0 Å². The predicted molar refractivity (Wildman–Crippen MR) is 57.7 cm³/mol. The topological polar surface area (TPSA) is 60.2 Å². The lowest BCUT2D eigenvalue weighted by molar-refractivity contribution is 0.116. The Morgan fingerprint density at radius 2 is 2.53 bits per heavy atom. The van der Waals surface area contributed by atoms with Gasteiger partial charge in [-0.05, 0) is 12.7 Å². The number of hydrogen-bond donors (Lipinski definition) is 1. The van der Waals surface area contributed by atoms with E-state index in [0.717, 1.165) is 24.5 Å². The van der Waals surface area contributed by atoms with Crippen LogP contribution in [-0.4, -0.2) is 36.2 Å². The van der Waals surface area contributed by atoms with Crippen molar-refractivity contribution in [1.29, 1.82) is 0 Å². The SMILES string of the molecule is CO[C@@H]1CN[C@@H](c2nc(CSC)no2)C1. The van der Waals surface area contributed by atoms with Crippen LogP contribution >= 0.6 is 11.8 Å². The Hall–Kier alpha value is -0.590. The standard InChI is InChI=1S/C9H15N3O2S/c1-13-6-3-7(10-4-6)9-11-8(5-15-2)12-14-9/h6-7,10H,3-5H2,1-2H3/t6-,7+/m0/s1. The average molecular weight is 229 g/mol. The Bertz CT molecular complexity index is 318. The summed E-state index contributed by atoms with van der Waals surface area (Å²) in [6.07, 6.45) is 3.17. The minimum Gasteiger partial charge on any atom is -0.380 e. The Kier molecular flexibility index (Phi) is 3.61. The molecule has 0 unspecified atom stereocenters. The minimum absolute atomic E-state index is 0.151. The second-order valence-corrected chi connectivity index (χ2v) is 4.40. The highest BCUT2D eigenvalue weighted by Crippen LogP contribution is 2.23. The third kappa shape index (κ3) is 2.50. The molecule has 1 aliphatic heterocycles. The molecule has 1 N–H and O–H groups in total. The summed E-state index contributed by atoms with van der Waals surface area (Å²) in [5, 5.41) is 7.21. The summed E-state index contributed by atoms with van der Waals surface area (Å²) in [6.45, 7) is 0.849. The van der Waals surface area contributed by atoms with Gasteiger partial charge in [-0.1, -0.05) is 5.16 Å². The largest absolute Gasteiger partial charge is 0.380 e. The van der Waals surface area contributed by atoms with Gasteiger partial charge in [-0.15, -0.1) is 0 Å². The highest BCUT2D eigenvalue weighted by Gasteiger charge is 2.29. The number of nitrogens with zero attached hydrogens (tertiary/aromatic N) is 2. The number of ether oxygens (including phenoxy) is 1. The van der Waals surface area contributed by atoms with Crippen molar-refractivity contribution in [2.45, 2.75) is 24.3 Å². The molecule has 0 aromatic carbocycles. The Morgan fingerprint density at radius 1 is 1.67 bits per heavy atom. The average Bonchev–Trinajstić information content (AvgIpc) is 2.85. The molecule has 1 fully saturated rings. The van der Waals surface area contributed by atoms with Crippen LogP contribution in [0.4, 0.5) is 0 Å². The van der Waals surface area contributed by atoms with Crippen LogP contribution in [0.2, 0.25) is 0 Å². The molecule has 1 aromatic rings. The molecular weight excluding hydrogens is 214 g/mol. The van der Waals surface area contributed by atoms with Crippen molar-refractivity contribution < 1.29 is 9.26 Å². The summed E-state index contributed by atoms with van der Waals surface area (Å²) >= 11 is 1.69. The van der Waals surface area contributed by atoms with Crippen molar-refractivity contribution in [3.05, 3.63) is 11.7 Å². The monoisotopic (exact) mass is 229 g/mol. The molecular formula is C9H15N3O2S. The molecule has 6 heteroatoms. The second-order valence-electron chi connectivity index (χ2n) is 3.54. The van der Waals surface area contributed by atoms with E-state index in [1.165, 1.54) is 0 Å². The second kappa shape index (κ2) is 4.96. The van der Waals surface area contributed by atoms with Gasteiger partial charge in [0.15, 0.2) is 5.82 Å². The molecule has 1 aromatic heterocycles. The fraction of sp³-hybridized carbons (Fsp3) is 0.778. The molecule has 0 bridgehead atoms. The molecule has 0 spiro atoms. The summed E-state index contributed by atoms with van der Waals surface area (Å²) in [5.41, 5.74) is 0. The normalized spacial score (nSPS) is 26.0. The summed E-state index contributed by atoms with van der Waals surface area (Å²) in [5.74, 6) is 2.24. The van der Waals surface area contributed by atoms with E-state index in [0.29, 0.717) is 5.89 Å². The van der Waals surface area contributed by atoms with E-state index < -0.39 is 0 Å². The fourth-order valence-corrected chi connectivity index (χ4v) is 2.04. The molecule has 2 heterocycles. The van der Waals surface area contributed by atoms with Gasteiger partial charge in [0.2, 0.25) is 5.89 Å². The molecule has 0 aliphatic carbocycles. The van der Waals surface area contributed by atoms with Gasteiger partial charge in [-0.25, -0.2) is 0 Å². The molecule has 1 saturated heterocycles. The van der Waals surface area contributed by atoms with Gasteiger partial charge in [-0.2, -0.15) is 16.7 Å². The molecule has 0 saturated carbocycles. The van der Waals surface area contributed by atoms with Crippen LogP contribution in [0.25, 0.3) is 0 Å². The number of aromatic nitrogens is 2. The van der Waals surface area contributed by atoms with E-state index in [1.54, 1.807) is 18.9 Å². The fourth-order valence-electron chi connectivity index (χ4n) is 1.67. The zero-order valence-electron chi connectivity index (χ0n) is 8.90. The summed E-state index contributed by atoms with van der Waals surface area (Å²) in [7, 11) is 1.72. The Labute approximate surface area is 93.0 Å². The maximum Gasteiger partial charge on any atom is 0.243 e. The van der Waals surface area contributed by atoms with E-state index in [4.69, 9.17) is 9.26 Å². The summed E-state index contributed by atoms with van der Waals surface area (Å²) in [4.78, 5) is 4.33. The smallest absolute Gasteiger partial charge is 0.243 e. The molecule has 0 radical (unpaired) electrons. The number of thioether (sulfide) groups is 1. The highest BCUT2D eigenvalue weighted by molar-refractivity contribution is 7.97. The molecule has 5 nitrogen and oxygen atoms in total. The summed E-state index contributed by atoms with van der Waals surface area (Å²) in [6, 6.07) is 0.151. The summed E-state index contributed by atoms with van der Waals surface area (Å²) < 4.78 is 10.5. The third-order valence-corrected chi connectivity index (χ3v) is 3.03. The van der Waals surface area contributed by atoms with E-state index in [9.17, 15) is 0 Å². The molecule has 2 rings (SSSR count).